The van der Waals surface area contributed by atoms with Gasteiger partial charge in [-0.05, 0) is 39.0 Å². The quantitative estimate of drug-likeness (QED) is 0.391. The second-order valence-corrected chi connectivity index (χ2v) is 8.36. The molecular weight excluding hydrogens is 419 g/mol. The third-order valence-electron chi connectivity index (χ3n) is 3.58. The molecule has 6 nitrogen and oxygen atoms in total. The van der Waals surface area contributed by atoms with Crippen molar-refractivity contribution in [3.8, 4) is 0 Å². The maximum atomic E-state index is 11.8. The lowest BCUT2D eigenvalue weighted by molar-refractivity contribution is 0.0507. The molecule has 1 rings (SSSR count). The number of nitrogens with one attached hydrogen (secondary N) is 2. The van der Waals surface area contributed by atoms with Crippen LogP contribution in [0.15, 0.2) is 4.99 Å². The van der Waals surface area contributed by atoms with E-state index in [0.717, 1.165) is 38.4 Å². The first-order chi connectivity index (χ1) is 10.5. The first-order valence-corrected chi connectivity index (χ1v) is 8.45. The second kappa shape index (κ2) is 9.68. The summed E-state index contributed by atoms with van der Waals surface area (Å²) in [7, 11) is 1.80. The molecule has 1 saturated heterocycles. The molecule has 0 aromatic carbocycles. The van der Waals surface area contributed by atoms with Crippen LogP contribution in [0.1, 0.15) is 54.4 Å². The van der Waals surface area contributed by atoms with Crippen molar-refractivity contribution in [3.05, 3.63) is 0 Å². The maximum absolute atomic E-state index is 11.8. The molecule has 1 unspecified atom stereocenters. The fraction of sp³-hybridized carbons (Fsp3) is 0.882. The average molecular weight is 454 g/mol. The van der Waals surface area contributed by atoms with Gasteiger partial charge >= 0.3 is 6.09 Å². The molecule has 24 heavy (non-hydrogen) atoms. The molecule has 1 aliphatic rings. The normalized spacial score (nSPS) is 18.9. The van der Waals surface area contributed by atoms with Crippen molar-refractivity contribution in [2.75, 3.05) is 26.7 Å². The van der Waals surface area contributed by atoms with Gasteiger partial charge in [0.15, 0.2) is 5.96 Å². The monoisotopic (exact) mass is 454 g/mol. The van der Waals surface area contributed by atoms with Crippen LogP contribution in [0.3, 0.4) is 0 Å². The van der Waals surface area contributed by atoms with E-state index in [0.29, 0.717) is 5.41 Å². The van der Waals surface area contributed by atoms with Crippen molar-refractivity contribution in [2.45, 2.75) is 66.0 Å². The number of halogens is 1. The first kappa shape index (κ1) is 23.3. The number of ether oxygens (including phenoxy) is 1. The van der Waals surface area contributed by atoms with Crippen molar-refractivity contribution < 1.29 is 9.53 Å². The third kappa shape index (κ3) is 9.54. The molecule has 0 saturated carbocycles. The van der Waals surface area contributed by atoms with Crippen LogP contribution in [0.5, 0.6) is 0 Å². The Morgan fingerprint density at radius 2 is 1.88 bits per heavy atom. The Morgan fingerprint density at radius 3 is 2.38 bits per heavy atom. The molecule has 142 valence electrons. The molecule has 0 aromatic heterocycles. The van der Waals surface area contributed by atoms with Crippen LogP contribution >= 0.6 is 24.0 Å². The van der Waals surface area contributed by atoms with Crippen LogP contribution in [0.25, 0.3) is 0 Å². The van der Waals surface area contributed by atoms with Gasteiger partial charge in [0.25, 0.3) is 0 Å². The van der Waals surface area contributed by atoms with E-state index in [1.807, 2.05) is 20.8 Å². The summed E-state index contributed by atoms with van der Waals surface area (Å²) >= 11 is 0. The highest BCUT2D eigenvalue weighted by Crippen LogP contribution is 2.17. The van der Waals surface area contributed by atoms with Gasteiger partial charge in [-0.1, -0.05) is 20.8 Å². The van der Waals surface area contributed by atoms with E-state index >= 15 is 0 Å². The minimum absolute atomic E-state index is 0. The zero-order valence-electron chi connectivity index (χ0n) is 16.2. The zero-order chi connectivity index (χ0) is 17.7. The van der Waals surface area contributed by atoms with Gasteiger partial charge in [0.05, 0.1) is 6.04 Å². The molecule has 1 fully saturated rings. The number of guanidine groups is 1. The van der Waals surface area contributed by atoms with Gasteiger partial charge < -0.3 is 20.3 Å². The number of hydrogen-bond donors (Lipinski definition) is 2. The van der Waals surface area contributed by atoms with Crippen LogP contribution in [-0.4, -0.2) is 55.3 Å². The molecule has 0 aliphatic carbocycles. The van der Waals surface area contributed by atoms with E-state index in [9.17, 15) is 4.79 Å². The molecule has 1 heterocycles. The summed E-state index contributed by atoms with van der Waals surface area (Å²) in [5.74, 6) is 0.905. The Bertz CT molecular complexity index is 427. The summed E-state index contributed by atoms with van der Waals surface area (Å²) in [6, 6.07) is 0.103. The van der Waals surface area contributed by atoms with Gasteiger partial charge in [0, 0.05) is 26.7 Å². The molecular formula is C17H35IN4O2. The maximum Gasteiger partial charge on any atom is 0.407 e. The SMILES string of the molecule is CN=C(NCCC(C)(C)C)N1CCC(NC(=O)OC(C)(C)C)C1.I. The van der Waals surface area contributed by atoms with E-state index in [4.69, 9.17) is 4.74 Å². The minimum atomic E-state index is -0.465. The molecule has 0 aromatic rings. The minimum Gasteiger partial charge on any atom is -0.444 e. The van der Waals surface area contributed by atoms with Crippen LogP contribution in [0, 0.1) is 5.41 Å². The van der Waals surface area contributed by atoms with Gasteiger partial charge in [-0.2, -0.15) is 0 Å². The van der Waals surface area contributed by atoms with Crippen molar-refractivity contribution in [1.82, 2.24) is 15.5 Å². The van der Waals surface area contributed by atoms with E-state index in [1.54, 1.807) is 7.05 Å². The average Bonchev–Trinajstić information content (AvgIpc) is 2.79. The molecule has 7 heteroatoms. The zero-order valence-corrected chi connectivity index (χ0v) is 18.6. The summed E-state index contributed by atoms with van der Waals surface area (Å²) in [4.78, 5) is 18.4. The predicted octanol–water partition coefficient (Wildman–Crippen LogP) is 3.22. The third-order valence-corrected chi connectivity index (χ3v) is 3.58. The van der Waals surface area contributed by atoms with Gasteiger partial charge in [-0.15, -0.1) is 24.0 Å². The van der Waals surface area contributed by atoms with E-state index < -0.39 is 5.60 Å². The van der Waals surface area contributed by atoms with Gasteiger partial charge in [0.1, 0.15) is 5.60 Å². The molecule has 0 spiro atoms. The number of aliphatic imine (C=N–C) groups is 1. The Balaban J connectivity index is 0.00000529. The van der Waals surface area contributed by atoms with Gasteiger partial charge in [-0.3, -0.25) is 4.99 Å². The molecule has 1 atom stereocenters. The molecule has 2 N–H and O–H groups in total. The van der Waals surface area contributed by atoms with Crippen molar-refractivity contribution >= 4 is 36.0 Å². The lowest BCUT2D eigenvalue weighted by Gasteiger charge is -2.25. The predicted molar refractivity (Wildman–Crippen MR) is 110 cm³/mol. The highest BCUT2D eigenvalue weighted by Gasteiger charge is 2.27. The van der Waals surface area contributed by atoms with Crippen LogP contribution < -0.4 is 10.6 Å². The van der Waals surface area contributed by atoms with Crippen molar-refractivity contribution in [2.24, 2.45) is 10.4 Å². The van der Waals surface area contributed by atoms with Crippen LogP contribution in [0.4, 0.5) is 4.79 Å². The number of hydrogen-bond acceptors (Lipinski definition) is 3. The molecule has 1 aliphatic heterocycles. The lowest BCUT2D eigenvalue weighted by Crippen LogP contribution is -2.44. The fourth-order valence-electron chi connectivity index (χ4n) is 2.43. The topological polar surface area (TPSA) is 66.0 Å². The Morgan fingerprint density at radius 1 is 1.25 bits per heavy atom. The van der Waals surface area contributed by atoms with Crippen LogP contribution in [-0.2, 0) is 4.74 Å². The van der Waals surface area contributed by atoms with Crippen LogP contribution in [0.2, 0.25) is 0 Å². The van der Waals surface area contributed by atoms with Gasteiger partial charge in [-0.25, -0.2) is 4.79 Å². The second-order valence-electron chi connectivity index (χ2n) is 8.36. The number of likely N-dealkylation sites (tertiary alicyclic amines) is 1. The summed E-state index contributed by atoms with van der Waals surface area (Å²) in [5.41, 5.74) is -0.162. The Kier molecular flexibility index (Phi) is 9.38. The highest BCUT2D eigenvalue weighted by atomic mass is 127. The van der Waals surface area contributed by atoms with Crippen molar-refractivity contribution in [3.63, 3.8) is 0 Å². The highest BCUT2D eigenvalue weighted by molar-refractivity contribution is 14.0. The summed E-state index contributed by atoms with van der Waals surface area (Å²) < 4.78 is 5.31. The lowest BCUT2D eigenvalue weighted by atomic mass is 9.92. The molecule has 1 amide bonds. The first-order valence-electron chi connectivity index (χ1n) is 8.45. The molecule has 0 bridgehead atoms. The molecule has 0 radical (unpaired) electrons. The van der Waals surface area contributed by atoms with E-state index in [1.165, 1.54) is 0 Å². The smallest absolute Gasteiger partial charge is 0.407 e. The standard InChI is InChI=1S/C17H34N4O2.HI/c1-16(2,3)9-10-19-14(18-7)21-11-8-13(12-21)20-15(22)23-17(4,5)6;/h13H,8-12H2,1-7H3,(H,18,19)(H,20,22);1H. The largest absolute Gasteiger partial charge is 0.444 e. The number of alkyl carbamates (subject to hydrolysis) is 1. The number of nitrogens with zero attached hydrogens (tertiary/aromatic N) is 2. The fourth-order valence-corrected chi connectivity index (χ4v) is 2.43. The summed E-state index contributed by atoms with van der Waals surface area (Å²) in [5, 5.41) is 6.35. The van der Waals surface area contributed by atoms with Crippen molar-refractivity contribution in [1.29, 1.82) is 0 Å². The number of carbonyl (C=O) groups is 1. The Hall–Kier alpha value is -0.730. The summed E-state index contributed by atoms with van der Waals surface area (Å²) in [6.07, 6.45) is 1.64. The number of carbonyl (C=O) groups excluding carboxylic acids is 1. The Labute approximate surface area is 164 Å². The summed E-state index contributed by atoms with van der Waals surface area (Å²) in [6.45, 7) is 14.8. The van der Waals surface area contributed by atoms with E-state index in [2.05, 4.69) is 41.3 Å². The van der Waals surface area contributed by atoms with Gasteiger partial charge in [0.2, 0.25) is 0 Å². The van der Waals surface area contributed by atoms with E-state index in [-0.39, 0.29) is 36.1 Å². The number of amides is 1. The number of rotatable bonds is 3.